The fourth-order valence-electron chi connectivity index (χ4n) is 2.41. The van der Waals surface area contributed by atoms with Crippen molar-refractivity contribution < 1.29 is 0 Å². The summed E-state index contributed by atoms with van der Waals surface area (Å²) >= 11 is 6.12. The second-order valence-corrected chi connectivity index (χ2v) is 5.72. The molecular formula is C18H18ClN5. The molecule has 0 aromatic carbocycles. The van der Waals surface area contributed by atoms with E-state index in [0.717, 1.165) is 28.1 Å². The lowest BCUT2D eigenvalue weighted by Gasteiger charge is -2.18. The molecule has 1 aliphatic rings. The Hall–Kier alpha value is -2.66. The number of hydrogen-bond acceptors (Lipinski definition) is 5. The highest BCUT2D eigenvalue weighted by Crippen LogP contribution is 2.28. The Balaban J connectivity index is 2.09. The molecule has 1 atom stereocenters. The van der Waals surface area contributed by atoms with Crippen molar-refractivity contribution in [2.24, 2.45) is 10.7 Å². The number of anilines is 1. The Bertz CT molecular complexity index is 811. The van der Waals surface area contributed by atoms with Gasteiger partial charge in [-0.1, -0.05) is 11.6 Å². The van der Waals surface area contributed by atoms with Crippen LogP contribution >= 0.6 is 11.6 Å². The number of hydrogen-bond donors (Lipinski definition) is 2. The zero-order valence-electron chi connectivity index (χ0n) is 13.3. The molecule has 0 saturated carbocycles. The van der Waals surface area contributed by atoms with Gasteiger partial charge >= 0.3 is 0 Å². The zero-order valence-corrected chi connectivity index (χ0v) is 14.0. The molecule has 3 heterocycles. The van der Waals surface area contributed by atoms with Gasteiger partial charge in [-0.15, -0.1) is 0 Å². The first kappa shape index (κ1) is 16.2. The molecule has 1 unspecified atom stereocenters. The van der Waals surface area contributed by atoms with E-state index in [-0.39, 0.29) is 5.50 Å². The third-order valence-corrected chi connectivity index (χ3v) is 3.89. The van der Waals surface area contributed by atoms with Crippen molar-refractivity contribution >= 4 is 40.8 Å². The largest absolute Gasteiger partial charge is 0.398 e. The third-order valence-electron chi connectivity index (χ3n) is 3.63. The third kappa shape index (κ3) is 3.46. The Labute approximate surface area is 146 Å². The van der Waals surface area contributed by atoms with Crippen molar-refractivity contribution in [3.63, 3.8) is 0 Å². The van der Waals surface area contributed by atoms with E-state index in [1.54, 1.807) is 24.8 Å². The molecule has 1 aliphatic heterocycles. The first-order valence-electron chi connectivity index (χ1n) is 7.68. The van der Waals surface area contributed by atoms with Gasteiger partial charge in [-0.2, -0.15) is 0 Å². The average molecular weight is 340 g/mol. The molecule has 0 radical (unpaired) electrons. The Morgan fingerprint density at radius 1 is 1.38 bits per heavy atom. The highest BCUT2D eigenvalue weighted by Gasteiger charge is 2.14. The first-order chi connectivity index (χ1) is 11.7. The van der Waals surface area contributed by atoms with Crippen LogP contribution < -0.4 is 11.1 Å². The van der Waals surface area contributed by atoms with Crippen LogP contribution in [0.1, 0.15) is 23.7 Å². The van der Waals surface area contributed by atoms with Gasteiger partial charge in [-0.05, 0) is 37.3 Å². The maximum atomic E-state index is 6.39. The predicted octanol–water partition coefficient (Wildman–Crippen LogP) is 3.40. The van der Waals surface area contributed by atoms with Gasteiger partial charge in [-0.25, -0.2) is 0 Å². The second kappa shape index (κ2) is 7.27. The van der Waals surface area contributed by atoms with Crippen LogP contribution in [0, 0.1) is 0 Å². The van der Waals surface area contributed by atoms with Crippen LogP contribution in [-0.2, 0) is 0 Å². The smallest absolute Gasteiger partial charge is 0.120 e. The van der Waals surface area contributed by atoms with Gasteiger partial charge in [0, 0.05) is 53.7 Å². The first-order valence-corrected chi connectivity index (χ1v) is 8.12. The van der Waals surface area contributed by atoms with Crippen LogP contribution in [0.5, 0.6) is 0 Å². The van der Waals surface area contributed by atoms with E-state index in [2.05, 4.69) is 20.3 Å². The number of nitrogens with two attached hydrogens (primary N) is 1. The van der Waals surface area contributed by atoms with Crippen molar-refractivity contribution in [2.45, 2.75) is 12.4 Å². The summed E-state index contributed by atoms with van der Waals surface area (Å²) in [6.07, 6.45) is 10.8. The van der Waals surface area contributed by atoms with Gasteiger partial charge in [0.25, 0.3) is 0 Å². The lowest BCUT2D eigenvalue weighted by molar-refractivity contribution is 1.14. The minimum atomic E-state index is -0.246. The number of allylic oxidation sites excluding steroid dienone is 1. The minimum Gasteiger partial charge on any atom is -0.398 e. The molecule has 0 bridgehead atoms. The SMILES string of the molecule is CCN=CC(=C(N)c1ccncc1)c1cnc2c(c1)NC(Cl)C=C2. The van der Waals surface area contributed by atoms with E-state index >= 15 is 0 Å². The molecule has 2 aromatic heterocycles. The summed E-state index contributed by atoms with van der Waals surface area (Å²) in [7, 11) is 0. The molecule has 0 spiro atoms. The van der Waals surface area contributed by atoms with Gasteiger partial charge in [0.2, 0.25) is 0 Å². The maximum absolute atomic E-state index is 6.39. The summed E-state index contributed by atoms with van der Waals surface area (Å²) in [6, 6.07) is 5.74. The number of rotatable bonds is 4. The van der Waals surface area contributed by atoms with Crippen LogP contribution in [0.25, 0.3) is 17.3 Å². The van der Waals surface area contributed by atoms with E-state index in [0.29, 0.717) is 12.2 Å². The van der Waals surface area contributed by atoms with Crippen molar-refractivity contribution in [3.8, 4) is 0 Å². The quantitative estimate of drug-likeness (QED) is 0.508. The van der Waals surface area contributed by atoms with E-state index in [4.69, 9.17) is 17.3 Å². The van der Waals surface area contributed by atoms with E-state index < -0.39 is 0 Å². The summed E-state index contributed by atoms with van der Waals surface area (Å²) in [6.45, 7) is 2.66. The van der Waals surface area contributed by atoms with Gasteiger partial charge < -0.3 is 11.1 Å². The lowest BCUT2D eigenvalue weighted by Crippen LogP contribution is -2.14. The van der Waals surface area contributed by atoms with Gasteiger partial charge in [0.05, 0.1) is 11.4 Å². The summed E-state index contributed by atoms with van der Waals surface area (Å²) in [4.78, 5) is 12.9. The highest BCUT2D eigenvalue weighted by molar-refractivity contribution is 6.23. The van der Waals surface area contributed by atoms with Crippen molar-refractivity contribution in [1.82, 2.24) is 9.97 Å². The monoisotopic (exact) mass is 339 g/mol. The van der Waals surface area contributed by atoms with Crippen molar-refractivity contribution in [1.29, 1.82) is 0 Å². The normalized spacial score (nSPS) is 17.3. The van der Waals surface area contributed by atoms with Gasteiger partial charge in [0.1, 0.15) is 5.50 Å². The van der Waals surface area contributed by atoms with Crippen LogP contribution in [0.2, 0.25) is 0 Å². The van der Waals surface area contributed by atoms with Crippen LogP contribution in [0.15, 0.2) is 47.9 Å². The molecule has 0 fully saturated rings. The zero-order chi connectivity index (χ0) is 16.9. The van der Waals surface area contributed by atoms with Crippen LogP contribution in [-0.4, -0.2) is 28.2 Å². The molecule has 5 nitrogen and oxygen atoms in total. The van der Waals surface area contributed by atoms with Crippen LogP contribution in [0.3, 0.4) is 0 Å². The van der Waals surface area contributed by atoms with Gasteiger partial charge in [0.15, 0.2) is 0 Å². The standard InChI is InChI=1S/C18H18ClN5/c1-2-21-11-14(18(20)12-5-7-22-8-6-12)13-9-16-15(23-10-13)3-4-17(19)24-16/h3-11,17,24H,2,20H2,1H3. The molecule has 6 heteroatoms. The fourth-order valence-corrected chi connectivity index (χ4v) is 2.60. The molecule has 0 amide bonds. The Morgan fingerprint density at radius 3 is 2.92 bits per heavy atom. The number of halogens is 1. The number of aliphatic imine (C=N–C) groups is 1. The average Bonchev–Trinajstić information content (AvgIpc) is 2.62. The Kier molecular flexibility index (Phi) is 4.91. The number of fused-ring (bicyclic) bond motifs is 1. The molecule has 0 aliphatic carbocycles. The fraction of sp³-hybridized carbons (Fsp3) is 0.167. The molecule has 2 aromatic rings. The summed E-state index contributed by atoms with van der Waals surface area (Å²) in [5, 5.41) is 3.19. The van der Waals surface area contributed by atoms with E-state index in [1.165, 1.54) is 0 Å². The van der Waals surface area contributed by atoms with Crippen molar-refractivity contribution in [2.75, 3.05) is 11.9 Å². The minimum absolute atomic E-state index is 0.246. The number of aromatic nitrogens is 2. The molecule has 0 saturated heterocycles. The molecule has 122 valence electrons. The Morgan fingerprint density at radius 2 is 2.17 bits per heavy atom. The number of nitrogens with zero attached hydrogens (tertiary/aromatic N) is 3. The van der Waals surface area contributed by atoms with Gasteiger partial charge in [-0.3, -0.25) is 15.0 Å². The maximum Gasteiger partial charge on any atom is 0.120 e. The number of pyridine rings is 2. The lowest BCUT2D eigenvalue weighted by atomic mass is 10.0. The molecule has 3 N–H and O–H groups in total. The molecule has 3 rings (SSSR count). The second-order valence-electron chi connectivity index (χ2n) is 5.25. The highest BCUT2D eigenvalue weighted by atomic mass is 35.5. The topological polar surface area (TPSA) is 76.2 Å². The summed E-state index contributed by atoms with van der Waals surface area (Å²) in [5.41, 5.74) is 11.1. The van der Waals surface area contributed by atoms with E-state index in [1.807, 2.05) is 37.3 Å². The number of alkyl halides is 1. The number of nitrogens with one attached hydrogen (secondary N) is 1. The summed E-state index contributed by atoms with van der Waals surface area (Å²) < 4.78 is 0. The molecular weight excluding hydrogens is 322 g/mol. The predicted molar refractivity (Wildman–Crippen MR) is 101 cm³/mol. The van der Waals surface area contributed by atoms with E-state index in [9.17, 15) is 0 Å². The van der Waals surface area contributed by atoms with Crippen molar-refractivity contribution in [3.05, 3.63) is 59.7 Å². The van der Waals surface area contributed by atoms with Crippen LogP contribution in [0.4, 0.5) is 5.69 Å². The summed E-state index contributed by atoms with van der Waals surface area (Å²) in [5.74, 6) is 0. The molecule has 24 heavy (non-hydrogen) atoms.